The third kappa shape index (κ3) is 2.69. The maximum absolute atomic E-state index is 12.2. The molecule has 30 heavy (non-hydrogen) atoms. The molecule has 5 heteroatoms. The molecule has 1 heterocycles. The lowest BCUT2D eigenvalue weighted by molar-refractivity contribution is -0.157. The molecule has 0 aliphatic heterocycles. The minimum absolute atomic E-state index is 0.0395. The van der Waals surface area contributed by atoms with Crippen molar-refractivity contribution in [3.63, 3.8) is 0 Å². The van der Waals surface area contributed by atoms with Crippen LogP contribution in [0.4, 0.5) is 0 Å². The maximum Gasteiger partial charge on any atom is 0.302 e. The number of rotatable bonds is 1. The quantitative estimate of drug-likeness (QED) is 0.619. The molecule has 0 spiro atoms. The molecule has 0 unspecified atom stereocenters. The Bertz CT molecular complexity index is 904. The molecule has 0 amide bonds. The molecule has 164 valence electrons. The van der Waals surface area contributed by atoms with E-state index in [1.807, 2.05) is 0 Å². The average molecular weight is 413 g/mol. The zero-order valence-corrected chi connectivity index (χ0v) is 19.2. The number of aryl methyl sites for hydroxylation is 1. The van der Waals surface area contributed by atoms with Crippen LogP contribution in [-0.4, -0.2) is 27.8 Å². The summed E-state index contributed by atoms with van der Waals surface area (Å²) in [4.78, 5) is 23.7. The van der Waals surface area contributed by atoms with Gasteiger partial charge in [0.1, 0.15) is 6.10 Å². The lowest BCUT2D eigenvalue weighted by Gasteiger charge is -2.60. The number of esters is 1. The summed E-state index contributed by atoms with van der Waals surface area (Å²) in [7, 11) is 0. The second kappa shape index (κ2) is 6.67. The van der Waals surface area contributed by atoms with E-state index in [0.717, 1.165) is 36.8 Å². The predicted molar refractivity (Wildman–Crippen MR) is 114 cm³/mol. The van der Waals surface area contributed by atoms with Gasteiger partial charge in [0.15, 0.2) is 0 Å². The molecule has 1 aromatic heterocycles. The minimum Gasteiger partial charge on any atom is -0.463 e. The van der Waals surface area contributed by atoms with Gasteiger partial charge in [-0.1, -0.05) is 13.8 Å². The van der Waals surface area contributed by atoms with Gasteiger partial charge in [-0.2, -0.15) is 5.10 Å². The molecule has 3 saturated carbocycles. The van der Waals surface area contributed by atoms with Gasteiger partial charge in [-0.25, -0.2) is 4.68 Å². The Morgan fingerprint density at radius 2 is 1.83 bits per heavy atom. The lowest BCUT2D eigenvalue weighted by atomic mass is 9.45. The van der Waals surface area contributed by atoms with Crippen LogP contribution in [-0.2, 0) is 21.4 Å². The molecule has 5 nitrogen and oxygen atoms in total. The molecule has 5 rings (SSSR count). The second-order valence-corrected chi connectivity index (χ2v) is 11.2. The highest BCUT2D eigenvalue weighted by Gasteiger charge is 2.60. The Morgan fingerprint density at radius 3 is 2.53 bits per heavy atom. The normalized spacial score (nSPS) is 42.0. The van der Waals surface area contributed by atoms with Crippen LogP contribution in [0.2, 0.25) is 0 Å². The molecule has 0 radical (unpaired) electrons. The van der Waals surface area contributed by atoms with Crippen LogP contribution in [0.15, 0.2) is 0 Å². The Kier molecular flexibility index (Phi) is 4.51. The smallest absolute Gasteiger partial charge is 0.302 e. The fraction of sp³-hybridized carbons (Fsp3) is 0.800. The SMILES string of the molecule is CC(=O)O[C@H]1CC[C@@]2(C)[C@H](CC[C@@H]3[C@H]4Cc5c(c(C)nn5C(C)=O)[C@@]4(C)CC[C@@H]32)C1. The number of carbonyl (C=O) groups is 2. The van der Waals surface area contributed by atoms with E-state index in [-0.39, 0.29) is 23.4 Å². The molecule has 4 aliphatic carbocycles. The van der Waals surface area contributed by atoms with E-state index in [9.17, 15) is 9.59 Å². The molecule has 3 fully saturated rings. The Morgan fingerprint density at radius 1 is 1.07 bits per heavy atom. The summed E-state index contributed by atoms with van der Waals surface area (Å²) in [5.74, 6) is 2.66. The van der Waals surface area contributed by atoms with E-state index in [1.54, 1.807) is 11.6 Å². The molecular weight excluding hydrogens is 376 g/mol. The van der Waals surface area contributed by atoms with Crippen LogP contribution in [0.25, 0.3) is 0 Å². The Labute approximate surface area is 179 Å². The summed E-state index contributed by atoms with van der Waals surface area (Å²) in [5, 5.41) is 4.61. The van der Waals surface area contributed by atoms with Gasteiger partial charge in [-0.3, -0.25) is 9.59 Å². The van der Waals surface area contributed by atoms with Crippen molar-refractivity contribution in [3.05, 3.63) is 17.0 Å². The van der Waals surface area contributed by atoms with Crippen LogP contribution in [0, 0.1) is 36.0 Å². The molecule has 0 bridgehead atoms. The monoisotopic (exact) mass is 412 g/mol. The average Bonchev–Trinajstić information content (AvgIpc) is 3.16. The zero-order chi connectivity index (χ0) is 21.4. The van der Waals surface area contributed by atoms with Crippen molar-refractivity contribution in [2.45, 2.75) is 97.5 Å². The summed E-state index contributed by atoms with van der Waals surface area (Å²) in [6.45, 7) is 10.2. The highest BCUT2D eigenvalue weighted by molar-refractivity contribution is 5.77. The predicted octanol–water partition coefficient (Wildman–Crippen LogP) is 4.84. The van der Waals surface area contributed by atoms with E-state index in [1.165, 1.54) is 50.3 Å². The van der Waals surface area contributed by atoms with Crippen LogP contribution >= 0.6 is 0 Å². The fourth-order valence-corrected chi connectivity index (χ4v) is 8.54. The van der Waals surface area contributed by atoms with Gasteiger partial charge in [-0.05, 0) is 92.8 Å². The van der Waals surface area contributed by atoms with E-state index in [0.29, 0.717) is 17.3 Å². The Hall–Kier alpha value is -1.65. The van der Waals surface area contributed by atoms with Crippen molar-refractivity contribution >= 4 is 11.9 Å². The van der Waals surface area contributed by atoms with Crippen molar-refractivity contribution in [2.75, 3.05) is 0 Å². The summed E-state index contributed by atoms with van der Waals surface area (Å²) in [6, 6.07) is 0. The van der Waals surface area contributed by atoms with Crippen LogP contribution in [0.3, 0.4) is 0 Å². The van der Waals surface area contributed by atoms with Gasteiger partial charge < -0.3 is 4.74 Å². The first kappa shape index (κ1) is 20.3. The standard InChI is InChI=1S/C25H36N2O3/c1-14-23-22(27(26-14)15(2)28)13-21-19-7-6-17-12-18(30-16(3)29)8-10-24(17,4)20(19)9-11-25(21,23)5/h17-21H,6-13H2,1-5H3/t17-,18+,19+,20+,21-,24+,25+/m1/s1. The molecular formula is C25H36N2O3. The highest BCUT2D eigenvalue weighted by atomic mass is 16.5. The van der Waals surface area contributed by atoms with Gasteiger partial charge in [0.25, 0.3) is 0 Å². The number of hydrogen-bond acceptors (Lipinski definition) is 4. The summed E-state index contributed by atoms with van der Waals surface area (Å²) in [5.41, 5.74) is 4.15. The molecule has 1 aromatic rings. The summed E-state index contributed by atoms with van der Waals surface area (Å²) in [6.07, 6.45) is 9.34. The topological polar surface area (TPSA) is 61.2 Å². The van der Waals surface area contributed by atoms with Gasteiger partial charge in [0.2, 0.25) is 5.91 Å². The van der Waals surface area contributed by atoms with Crippen molar-refractivity contribution in [3.8, 4) is 0 Å². The highest BCUT2D eigenvalue weighted by Crippen LogP contribution is 2.66. The molecule has 0 N–H and O–H groups in total. The number of ether oxygens (including phenoxy) is 1. The van der Waals surface area contributed by atoms with E-state index >= 15 is 0 Å². The van der Waals surface area contributed by atoms with Gasteiger partial charge >= 0.3 is 5.97 Å². The van der Waals surface area contributed by atoms with Crippen molar-refractivity contribution in [2.24, 2.45) is 29.1 Å². The molecule has 0 aromatic carbocycles. The third-order valence-corrected chi connectivity index (χ3v) is 9.78. The number of hydrogen-bond donors (Lipinski definition) is 0. The Balaban J connectivity index is 1.43. The van der Waals surface area contributed by atoms with Gasteiger partial charge in [0, 0.05) is 19.4 Å². The van der Waals surface area contributed by atoms with E-state index in [2.05, 4.69) is 25.9 Å². The van der Waals surface area contributed by atoms with Crippen LogP contribution in [0.5, 0.6) is 0 Å². The third-order valence-electron chi connectivity index (χ3n) is 9.78. The van der Waals surface area contributed by atoms with Crippen LogP contribution < -0.4 is 0 Å². The number of fused-ring (bicyclic) bond motifs is 7. The first-order valence-corrected chi connectivity index (χ1v) is 11.9. The van der Waals surface area contributed by atoms with Crippen molar-refractivity contribution in [1.82, 2.24) is 9.78 Å². The van der Waals surface area contributed by atoms with Gasteiger partial charge in [0.05, 0.1) is 11.4 Å². The molecule has 4 aliphatic rings. The minimum atomic E-state index is -0.135. The second-order valence-electron chi connectivity index (χ2n) is 11.2. The zero-order valence-electron chi connectivity index (χ0n) is 19.2. The van der Waals surface area contributed by atoms with Crippen molar-refractivity contribution < 1.29 is 14.3 Å². The summed E-state index contributed by atoms with van der Waals surface area (Å²) < 4.78 is 7.30. The van der Waals surface area contributed by atoms with E-state index in [4.69, 9.17) is 4.74 Å². The van der Waals surface area contributed by atoms with Gasteiger partial charge in [-0.15, -0.1) is 0 Å². The molecule has 0 saturated heterocycles. The number of aromatic nitrogens is 2. The van der Waals surface area contributed by atoms with Crippen molar-refractivity contribution in [1.29, 1.82) is 0 Å². The van der Waals surface area contributed by atoms with E-state index < -0.39 is 0 Å². The fourth-order valence-electron chi connectivity index (χ4n) is 8.54. The first-order valence-electron chi connectivity index (χ1n) is 11.9. The summed E-state index contributed by atoms with van der Waals surface area (Å²) >= 11 is 0. The maximum atomic E-state index is 12.2. The number of carbonyl (C=O) groups excluding carboxylic acids is 2. The van der Waals surface area contributed by atoms with Crippen LogP contribution in [0.1, 0.15) is 94.4 Å². The number of nitrogens with zero attached hydrogens (tertiary/aromatic N) is 2. The largest absolute Gasteiger partial charge is 0.463 e. The lowest BCUT2D eigenvalue weighted by Crippen LogP contribution is -2.54. The first-order chi connectivity index (χ1) is 14.1. The molecule has 7 atom stereocenters.